The summed E-state index contributed by atoms with van der Waals surface area (Å²) in [6, 6.07) is 0. The Morgan fingerprint density at radius 1 is 0.142 bits per heavy atom. The van der Waals surface area contributed by atoms with E-state index in [1.54, 1.807) is 28.4 Å². The second-order valence-corrected chi connectivity index (χ2v) is 47.4. The predicted molar refractivity (Wildman–Crippen MR) is 607 cm³/mol. The fourth-order valence-electron chi connectivity index (χ4n) is 27.6. The molecule has 9 fully saturated rings. The molecule has 5 aliphatic heterocycles. The molecule has 5 saturated heterocycles. The SMILES string of the molecule is CCCCCCCCCCCCCCCCC1CC2C3NC4NC(NC5NC(NC6NC(NC(N3)C2CC1CCCCCCCCCCCCCCCC)C1CC(OCCOCCOCCOC)C(OCCOCCOCCOC)CC61)C1CC(OCCOCCOCCOC)C(OCCOCCOCCOC)CC51)C1CC(CCCCCCCCCCCCCCCC)C(CCCCCCCCCCCCCCCC)CC41. The maximum Gasteiger partial charge on any atom is 0.0841 e. The van der Waals surface area contributed by atoms with Crippen molar-refractivity contribution in [3.63, 3.8) is 0 Å². The molecule has 8 bridgehead atoms. The summed E-state index contributed by atoms with van der Waals surface area (Å²) in [4.78, 5) is 0. The van der Waals surface area contributed by atoms with Gasteiger partial charge in [-0.3, -0.25) is 42.5 Å². The van der Waals surface area contributed by atoms with Crippen LogP contribution in [0, 0.1) is 71.0 Å². The largest absolute Gasteiger partial charge is 0.382 e. The highest BCUT2D eigenvalue weighted by Crippen LogP contribution is 2.53. The summed E-state index contributed by atoms with van der Waals surface area (Å²) in [6.45, 7) is 21.5. The average Bonchev–Trinajstić information content (AvgIpc) is 1.59. The van der Waals surface area contributed by atoms with Gasteiger partial charge in [0.1, 0.15) is 0 Å². The van der Waals surface area contributed by atoms with Crippen molar-refractivity contribution >= 4 is 0 Å². The fraction of sp³-hybridized carbons (Fsp3) is 1.00. The molecule has 0 aromatic heterocycles. The van der Waals surface area contributed by atoms with Crippen LogP contribution in [-0.2, 0) is 75.8 Å². The number of nitrogens with one attached hydrogen (secondary N) is 8. The molecule has 24 nitrogen and oxygen atoms in total. The third-order valence-electron chi connectivity index (χ3n) is 36.1. The molecule has 24 heteroatoms. The van der Waals surface area contributed by atoms with Gasteiger partial charge >= 0.3 is 0 Å². The number of rotatable bonds is 100. The van der Waals surface area contributed by atoms with Gasteiger partial charge in [0.15, 0.2) is 0 Å². The van der Waals surface area contributed by atoms with Gasteiger partial charge in [0.25, 0.3) is 0 Å². The Labute approximate surface area is 909 Å². The first kappa shape index (κ1) is 130. The lowest BCUT2D eigenvalue weighted by molar-refractivity contribution is -0.133. The first-order chi connectivity index (χ1) is 73.3. The molecule has 872 valence electrons. The number of unbranched alkanes of at least 4 members (excludes halogenated alkanes) is 52. The Hall–Kier alpha value is -0.960. The summed E-state index contributed by atoms with van der Waals surface area (Å²) < 4.78 is 98.5. The van der Waals surface area contributed by atoms with E-state index in [-0.39, 0.29) is 97.4 Å². The summed E-state index contributed by atoms with van der Waals surface area (Å²) in [7, 11) is 6.86. The van der Waals surface area contributed by atoms with Crippen LogP contribution in [0.25, 0.3) is 0 Å². The Morgan fingerprint density at radius 2 is 0.264 bits per heavy atom. The first-order valence-electron chi connectivity index (χ1n) is 64.4. The molecule has 24 unspecified atom stereocenters. The summed E-state index contributed by atoms with van der Waals surface area (Å²) in [6.07, 6.45) is 92.2. The fourth-order valence-corrected chi connectivity index (χ4v) is 27.6. The van der Waals surface area contributed by atoms with Crippen LogP contribution in [0.3, 0.4) is 0 Å². The van der Waals surface area contributed by atoms with Crippen LogP contribution in [-0.4, -0.2) is 261 Å². The minimum absolute atomic E-state index is 0.0151. The number of ether oxygens (including phenoxy) is 16. The van der Waals surface area contributed by atoms with Gasteiger partial charge in [-0.1, -0.05) is 413 Å². The van der Waals surface area contributed by atoms with Gasteiger partial charge in [0, 0.05) is 28.4 Å². The Kier molecular flexibility index (Phi) is 77.4. The van der Waals surface area contributed by atoms with E-state index in [1.165, 1.54) is 411 Å². The van der Waals surface area contributed by atoms with E-state index in [9.17, 15) is 0 Å². The molecule has 9 rings (SSSR count). The molecule has 4 aliphatic carbocycles. The third kappa shape index (κ3) is 54.5. The van der Waals surface area contributed by atoms with E-state index in [4.69, 9.17) is 91.7 Å². The smallest absolute Gasteiger partial charge is 0.0841 e. The highest BCUT2D eigenvalue weighted by Gasteiger charge is 2.59. The maximum atomic E-state index is 7.22. The highest BCUT2D eigenvalue weighted by molar-refractivity contribution is 5.12. The quantitative estimate of drug-likeness (QED) is 0.0264. The monoisotopic (exact) mass is 2100 g/mol. The van der Waals surface area contributed by atoms with Gasteiger partial charge in [0.05, 0.1) is 232 Å². The molecule has 4 saturated carbocycles. The van der Waals surface area contributed by atoms with Crippen molar-refractivity contribution in [2.45, 2.75) is 538 Å². The highest BCUT2D eigenvalue weighted by atomic mass is 16.6. The minimum Gasteiger partial charge on any atom is -0.382 e. The second kappa shape index (κ2) is 87.8. The molecule has 0 amide bonds. The van der Waals surface area contributed by atoms with Crippen LogP contribution < -0.4 is 42.5 Å². The van der Waals surface area contributed by atoms with Gasteiger partial charge < -0.3 is 75.8 Å². The molecule has 0 spiro atoms. The van der Waals surface area contributed by atoms with Gasteiger partial charge in [0.2, 0.25) is 0 Å². The van der Waals surface area contributed by atoms with Crippen LogP contribution in [0.5, 0.6) is 0 Å². The van der Waals surface area contributed by atoms with Crippen LogP contribution in [0.1, 0.15) is 464 Å². The zero-order valence-corrected chi connectivity index (χ0v) is 97.4. The second-order valence-electron chi connectivity index (χ2n) is 47.4. The number of fused-ring (bicyclic) bond motifs is 20. The Balaban J connectivity index is 1.05. The van der Waals surface area contributed by atoms with Crippen molar-refractivity contribution in [2.75, 3.05) is 187 Å². The van der Waals surface area contributed by atoms with E-state index in [0.29, 0.717) is 194 Å². The normalized spacial score (nSPS) is 28.4. The first-order valence-corrected chi connectivity index (χ1v) is 64.4. The number of methoxy groups -OCH3 is 4. The molecular formula is C124H240N8O16. The number of hydrogen-bond acceptors (Lipinski definition) is 24. The summed E-state index contributed by atoms with van der Waals surface area (Å²) >= 11 is 0. The zero-order valence-electron chi connectivity index (χ0n) is 97.4. The molecule has 5 heterocycles. The molecular weight excluding hydrogens is 1860 g/mol. The van der Waals surface area contributed by atoms with Crippen molar-refractivity contribution in [3.05, 3.63) is 0 Å². The van der Waals surface area contributed by atoms with Crippen molar-refractivity contribution in [2.24, 2.45) is 71.0 Å². The summed E-state index contributed by atoms with van der Waals surface area (Å²) in [5.74, 6) is 5.63. The standard InChI is InChI=1S/C124H240N8O16/c1-9-13-17-21-25-29-33-37-41-45-49-53-57-61-65-101-93-105-107(95-103(101)67-63-59-55-51-47-43-39-35-31-27-23-19-15-11-3)119-126-117(105)125-118-106-94-102(66-62-58-54-50-46-42-38-34-30-26-22-18-14-10-2)104(68-64-60-56-52-48-44-40-36-32-28-24-20-16-12-4)96-108(106)120(127-118)129-122-110-98-114(146-90-86-142-82-78-138-74-70-134-6)116(148-92-88-144-84-80-140-76-72-136-8)100-112(110)124(131-122)132-123-111-99-115(147-91-87-143-83-79-139-75-71-135-7)113(97-109(111)121(128-119)130-123)145-89-85-141-81-77-137-73-69-133-5/h101-132H,9-100H2,1-8H3. The van der Waals surface area contributed by atoms with Crippen molar-refractivity contribution in [1.82, 2.24) is 42.5 Å². The summed E-state index contributed by atoms with van der Waals surface area (Å²) in [5, 5.41) is 37.3. The molecule has 148 heavy (non-hydrogen) atoms. The predicted octanol–water partition coefficient (Wildman–Crippen LogP) is 25.7. The van der Waals surface area contributed by atoms with E-state index < -0.39 is 0 Å². The molecule has 0 aromatic rings. The maximum absolute atomic E-state index is 7.22. The van der Waals surface area contributed by atoms with Crippen molar-refractivity contribution in [1.29, 1.82) is 0 Å². The van der Waals surface area contributed by atoms with Crippen LogP contribution in [0.4, 0.5) is 0 Å². The molecule has 9 aliphatic rings. The zero-order chi connectivity index (χ0) is 104. The molecule has 24 atom stereocenters. The van der Waals surface area contributed by atoms with Gasteiger partial charge in [-0.2, -0.15) is 0 Å². The minimum atomic E-state index is -0.176. The lowest BCUT2D eigenvalue weighted by atomic mass is 9.64. The topological polar surface area (TPSA) is 244 Å². The van der Waals surface area contributed by atoms with E-state index >= 15 is 0 Å². The molecule has 8 N–H and O–H groups in total. The van der Waals surface area contributed by atoms with Crippen LogP contribution >= 0.6 is 0 Å². The van der Waals surface area contributed by atoms with Crippen LogP contribution in [0.2, 0.25) is 0 Å². The Morgan fingerprint density at radius 3 is 0.405 bits per heavy atom. The van der Waals surface area contributed by atoms with Crippen molar-refractivity contribution < 1.29 is 75.8 Å². The van der Waals surface area contributed by atoms with E-state index in [1.807, 2.05) is 0 Å². The van der Waals surface area contributed by atoms with Gasteiger partial charge in [-0.05, 0) is 122 Å². The average molecular weight is 2100 g/mol. The lowest BCUT2D eigenvalue weighted by Crippen LogP contribution is -2.61. The summed E-state index contributed by atoms with van der Waals surface area (Å²) in [5.41, 5.74) is 0. The van der Waals surface area contributed by atoms with Gasteiger partial charge in [-0.25, -0.2) is 0 Å². The van der Waals surface area contributed by atoms with Gasteiger partial charge in [-0.15, -0.1) is 0 Å². The van der Waals surface area contributed by atoms with E-state index in [2.05, 4.69) is 54.3 Å². The lowest BCUT2D eigenvalue weighted by Gasteiger charge is -2.44. The Bertz CT molecular complexity index is 2570. The number of hydrogen-bond donors (Lipinski definition) is 8. The van der Waals surface area contributed by atoms with Crippen LogP contribution in [0.15, 0.2) is 0 Å². The van der Waals surface area contributed by atoms with E-state index in [0.717, 1.165) is 37.5 Å². The molecule has 0 aromatic carbocycles. The molecule has 0 radical (unpaired) electrons. The third-order valence-corrected chi connectivity index (χ3v) is 36.1. The van der Waals surface area contributed by atoms with Crippen molar-refractivity contribution in [3.8, 4) is 0 Å².